The van der Waals surface area contributed by atoms with Crippen LogP contribution in [0.15, 0.2) is 0 Å². The van der Waals surface area contributed by atoms with Gasteiger partial charge in [-0.25, -0.2) is 0 Å². The largest absolute Gasteiger partial charge is 0.377 e. The van der Waals surface area contributed by atoms with Gasteiger partial charge in [0, 0.05) is 12.6 Å². The number of hydrogen-bond acceptors (Lipinski definition) is 2. The molecule has 1 aliphatic rings. The Hall–Kier alpha value is -0.0800. The summed E-state index contributed by atoms with van der Waals surface area (Å²) in [4.78, 5) is 0. The Bertz CT molecular complexity index is 170. The Morgan fingerprint density at radius 1 is 1.19 bits per heavy atom. The normalized spacial score (nSPS) is 25.5. The van der Waals surface area contributed by atoms with Crippen molar-refractivity contribution in [3.05, 3.63) is 0 Å². The summed E-state index contributed by atoms with van der Waals surface area (Å²) in [6.45, 7) is 8.90. The van der Waals surface area contributed by atoms with Crippen LogP contribution in [0.2, 0.25) is 0 Å². The molecule has 2 heteroatoms. The minimum Gasteiger partial charge on any atom is -0.377 e. The zero-order valence-corrected chi connectivity index (χ0v) is 11.3. The Morgan fingerprint density at radius 2 is 1.94 bits per heavy atom. The highest BCUT2D eigenvalue weighted by Crippen LogP contribution is 2.13. The third-order valence-electron chi connectivity index (χ3n) is 3.49. The summed E-state index contributed by atoms with van der Waals surface area (Å²) < 4.78 is 5.52. The molecule has 2 unspecified atom stereocenters. The molecule has 2 nitrogen and oxygen atoms in total. The van der Waals surface area contributed by atoms with E-state index in [0.29, 0.717) is 12.1 Å². The molecule has 0 aromatic rings. The van der Waals surface area contributed by atoms with Crippen molar-refractivity contribution in [2.45, 2.75) is 71.4 Å². The molecule has 1 rings (SSSR count). The van der Waals surface area contributed by atoms with Crippen LogP contribution >= 0.6 is 0 Å². The number of nitrogens with one attached hydrogen (secondary N) is 1. The molecular weight excluding hydrogens is 198 g/mol. The quantitative estimate of drug-likeness (QED) is 0.642. The lowest BCUT2D eigenvalue weighted by molar-refractivity contribution is 0.113. The topological polar surface area (TPSA) is 21.3 Å². The van der Waals surface area contributed by atoms with E-state index in [1.165, 1.54) is 45.1 Å². The second kappa shape index (κ2) is 8.08. The molecule has 0 aliphatic carbocycles. The van der Waals surface area contributed by atoms with E-state index in [1.807, 2.05) is 0 Å². The van der Waals surface area contributed by atoms with E-state index < -0.39 is 0 Å². The van der Waals surface area contributed by atoms with Crippen molar-refractivity contribution in [2.75, 3.05) is 13.2 Å². The Labute approximate surface area is 101 Å². The van der Waals surface area contributed by atoms with Crippen LogP contribution in [0.5, 0.6) is 0 Å². The van der Waals surface area contributed by atoms with Crippen molar-refractivity contribution in [1.82, 2.24) is 5.32 Å². The van der Waals surface area contributed by atoms with Crippen LogP contribution in [-0.2, 0) is 4.74 Å². The maximum absolute atomic E-state index is 5.52. The van der Waals surface area contributed by atoms with Gasteiger partial charge in [0.15, 0.2) is 0 Å². The highest BCUT2D eigenvalue weighted by Gasteiger charge is 2.22. The average molecular weight is 227 g/mol. The first-order chi connectivity index (χ1) is 7.70. The molecule has 0 aromatic carbocycles. The number of unbranched alkanes of at least 4 members (excludes halogenated alkanes) is 3. The summed E-state index contributed by atoms with van der Waals surface area (Å²) in [5.74, 6) is 0.870. The lowest BCUT2D eigenvalue weighted by Crippen LogP contribution is -2.35. The van der Waals surface area contributed by atoms with Crippen LogP contribution < -0.4 is 5.32 Å². The van der Waals surface area contributed by atoms with Gasteiger partial charge in [0.25, 0.3) is 0 Å². The molecule has 0 spiro atoms. The molecule has 16 heavy (non-hydrogen) atoms. The van der Waals surface area contributed by atoms with Crippen LogP contribution in [0, 0.1) is 5.92 Å². The lowest BCUT2D eigenvalue weighted by Gasteiger charge is -2.15. The monoisotopic (exact) mass is 227 g/mol. The Kier molecular flexibility index (Phi) is 7.06. The third-order valence-corrected chi connectivity index (χ3v) is 3.49. The van der Waals surface area contributed by atoms with Gasteiger partial charge in [0.05, 0.1) is 6.10 Å². The van der Waals surface area contributed by atoms with E-state index >= 15 is 0 Å². The van der Waals surface area contributed by atoms with Gasteiger partial charge in [-0.3, -0.25) is 0 Å². The standard InChI is InChI=1S/C14H29NO/c1-12(2)8-6-4-5-7-10-15-14-9-11-16-13(14)3/h12-15H,4-11H2,1-3H3. The van der Waals surface area contributed by atoms with Crippen LogP contribution in [0.4, 0.5) is 0 Å². The van der Waals surface area contributed by atoms with E-state index in [-0.39, 0.29) is 0 Å². The lowest BCUT2D eigenvalue weighted by atomic mass is 10.0. The average Bonchev–Trinajstić information content (AvgIpc) is 2.62. The molecule has 0 bridgehead atoms. The first kappa shape index (κ1) is 14.0. The number of rotatable bonds is 8. The smallest absolute Gasteiger partial charge is 0.0700 e. The first-order valence-electron chi connectivity index (χ1n) is 7.05. The predicted octanol–water partition coefficient (Wildman–Crippen LogP) is 3.36. The van der Waals surface area contributed by atoms with Crippen molar-refractivity contribution in [3.63, 3.8) is 0 Å². The summed E-state index contributed by atoms with van der Waals surface area (Å²) in [6.07, 6.45) is 8.50. The van der Waals surface area contributed by atoms with Crippen LogP contribution in [0.25, 0.3) is 0 Å². The zero-order valence-electron chi connectivity index (χ0n) is 11.3. The van der Waals surface area contributed by atoms with Gasteiger partial charge < -0.3 is 10.1 Å². The third kappa shape index (κ3) is 5.86. The van der Waals surface area contributed by atoms with Gasteiger partial charge >= 0.3 is 0 Å². The molecule has 1 saturated heterocycles. The SMILES string of the molecule is CC(C)CCCCCCNC1CCOC1C. The van der Waals surface area contributed by atoms with Crippen molar-refractivity contribution in [3.8, 4) is 0 Å². The predicted molar refractivity (Wildman–Crippen MR) is 69.7 cm³/mol. The summed E-state index contributed by atoms with van der Waals surface area (Å²) in [6, 6.07) is 0.607. The number of ether oxygens (including phenoxy) is 1. The maximum Gasteiger partial charge on any atom is 0.0700 e. The molecule has 0 saturated carbocycles. The van der Waals surface area contributed by atoms with Gasteiger partial charge in [-0.2, -0.15) is 0 Å². The van der Waals surface area contributed by atoms with Crippen LogP contribution in [0.1, 0.15) is 59.3 Å². The summed E-state index contributed by atoms with van der Waals surface area (Å²) >= 11 is 0. The summed E-state index contributed by atoms with van der Waals surface area (Å²) in [7, 11) is 0. The van der Waals surface area contributed by atoms with E-state index in [4.69, 9.17) is 4.74 Å². The maximum atomic E-state index is 5.52. The molecule has 1 fully saturated rings. The van der Waals surface area contributed by atoms with E-state index in [1.54, 1.807) is 0 Å². The van der Waals surface area contributed by atoms with Gasteiger partial charge in [-0.1, -0.05) is 39.5 Å². The first-order valence-corrected chi connectivity index (χ1v) is 7.05. The van der Waals surface area contributed by atoms with Gasteiger partial charge in [0.1, 0.15) is 0 Å². The molecule has 1 N–H and O–H groups in total. The summed E-state index contributed by atoms with van der Waals surface area (Å²) in [5.41, 5.74) is 0. The second-order valence-electron chi connectivity index (χ2n) is 5.52. The zero-order chi connectivity index (χ0) is 11.8. The molecule has 0 radical (unpaired) electrons. The fourth-order valence-electron chi connectivity index (χ4n) is 2.32. The molecule has 2 atom stereocenters. The molecule has 1 aliphatic heterocycles. The van der Waals surface area contributed by atoms with Crippen molar-refractivity contribution in [2.24, 2.45) is 5.92 Å². The Morgan fingerprint density at radius 3 is 2.56 bits per heavy atom. The molecule has 1 heterocycles. The van der Waals surface area contributed by atoms with Crippen molar-refractivity contribution >= 4 is 0 Å². The van der Waals surface area contributed by atoms with Gasteiger partial charge in [0.2, 0.25) is 0 Å². The van der Waals surface area contributed by atoms with Crippen LogP contribution in [-0.4, -0.2) is 25.3 Å². The minimum absolute atomic E-state index is 0.418. The summed E-state index contributed by atoms with van der Waals surface area (Å²) in [5, 5.41) is 3.61. The fraction of sp³-hybridized carbons (Fsp3) is 1.00. The molecule has 96 valence electrons. The minimum atomic E-state index is 0.418. The second-order valence-corrected chi connectivity index (χ2v) is 5.52. The Balaban J connectivity index is 1.84. The van der Waals surface area contributed by atoms with E-state index in [9.17, 15) is 0 Å². The highest BCUT2D eigenvalue weighted by molar-refractivity contribution is 4.78. The van der Waals surface area contributed by atoms with Crippen LogP contribution in [0.3, 0.4) is 0 Å². The van der Waals surface area contributed by atoms with E-state index in [0.717, 1.165) is 12.5 Å². The van der Waals surface area contributed by atoms with Gasteiger partial charge in [-0.05, 0) is 32.2 Å². The van der Waals surface area contributed by atoms with E-state index in [2.05, 4.69) is 26.1 Å². The van der Waals surface area contributed by atoms with Crippen molar-refractivity contribution in [1.29, 1.82) is 0 Å². The molecule has 0 aromatic heterocycles. The molecular formula is C14H29NO. The van der Waals surface area contributed by atoms with Gasteiger partial charge in [-0.15, -0.1) is 0 Å². The fourth-order valence-corrected chi connectivity index (χ4v) is 2.32. The van der Waals surface area contributed by atoms with Crippen molar-refractivity contribution < 1.29 is 4.74 Å². The molecule has 0 amide bonds. The highest BCUT2D eigenvalue weighted by atomic mass is 16.5. The number of hydrogen-bond donors (Lipinski definition) is 1.